The maximum Gasteiger partial charge on any atom is -0.00195 e. The van der Waals surface area contributed by atoms with Gasteiger partial charge in [0, 0.05) is 0 Å². The van der Waals surface area contributed by atoms with Gasteiger partial charge < -0.3 is 10.6 Å². The summed E-state index contributed by atoms with van der Waals surface area (Å²) in [6.45, 7) is 7.38. The van der Waals surface area contributed by atoms with Gasteiger partial charge in [-0.1, -0.05) is 13.3 Å². The van der Waals surface area contributed by atoms with Crippen molar-refractivity contribution in [1.29, 1.82) is 0 Å². The Hall–Kier alpha value is -0.0800. The molecule has 2 rings (SSSR count). The van der Waals surface area contributed by atoms with E-state index < -0.39 is 0 Å². The maximum atomic E-state index is 3.69. The van der Waals surface area contributed by atoms with Crippen molar-refractivity contribution in [2.24, 2.45) is 17.8 Å². The van der Waals surface area contributed by atoms with Crippen LogP contribution in [0.25, 0.3) is 0 Å². The van der Waals surface area contributed by atoms with E-state index in [2.05, 4.69) is 17.6 Å². The Morgan fingerprint density at radius 1 is 1.00 bits per heavy atom. The maximum absolute atomic E-state index is 3.69. The van der Waals surface area contributed by atoms with Crippen LogP contribution in [0.2, 0.25) is 0 Å². The molecule has 1 saturated heterocycles. The van der Waals surface area contributed by atoms with Gasteiger partial charge >= 0.3 is 0 Å². The van der Waals surface area contributed by atoms with Gasteiger partial charge in [-0.15, -0.1) is 0 Å². The van der Waals surface area contributed by atoms with Gasteiger partial charge in [-0.05, 0) is 69.6 Å². The van der Waals surface area contributed by atoms with E-state index in [4.69, 9.17) is 0 Å². The first-order valence-electron chi connectivity index (χ1n) is 6.76. The van der Waals surface area contributed by atoms with Gasteiger partial charge in [-0.25, -0.2) is 0 Å². The van der Waals surface area contributed by atoms with E-state index in [1.165, 1.54) is 58.3 Å². The highest BCUT2D eigenvalue weighted by Gasteiger charge is 2.21. The van der Waals surface area contributed by atoms with Crippen LogP contribution >= 0.6 is 0 Å². The van der Waals surface area contributed by atoms with Gasteiger partial charge in [-0.2, -0.15) is 0 Å². The quantitative estimate of drug-likeness (QED) is 0.742. The minimum absolute atomic E-state index is 0.935. The zero-order valence-electron chi connectivity index (χ0n) is 10.1. The second kappa shape index (κ2) is 5.86. The van der Waals surface area contributed by atoms with E-state index in [1.54, 1.807) is 0 Å². The Balaban J connectivity index is 1.54. The molecule has 2 unspecified atom stereocenters. The first-order chi connectivity index (χ1) is 7.34. The predicted octanol–water partition coefficient (Wildman–Crippen LogP) is 2.01. The molecule has 0 bridgehead atoms. The molecule has 2 heteroatoms. The molecule has 0 aromatic rings. The summed E-state index contributed by atoms with van der Waals surface area (Å²) in [5, 5.41) is 7.11. The van der Waals surface area contributed by atoms with E-state index in [-0.39, 0.29) is 0 Å². The Morgan fingerprint density at radius 2 is 1.73 bits per heavy atom. The van der Waals surface area contributed by atoms with Gasteiger partial charge in [0.05, 0.1) is 0 Å². The van der Waals surface area contributed by atoms with Crippen LogP contribution < -0.4 is 10.6 Å². The van der Waals surface area contributed by atoms with E-state index in [0.717, 1.165) is 17.8 Å². The van der Waals surface area contributed by atoms with Gasteiger partial charge in [0.25, 0.3) is 0 Å². The summed E-state index contributed by atoms with van der Waals surface area (Å²) in [6.07, 6.45) is 7.11. The molecule has 1 aliphatic heterocycles. The van der Waals surface area contributed by atoms with E-state index in [1.807, 2.05) is 0 Å². The Bertz CT molecular complexity index is 171. The molecule has 1 heterocycles. The lowest BCUT2D eigenvalue weighted by Gasteiger charge is -2.23. The van der Waals surface area contributed by atoms with Crippen LogP contribution in [0.15, 0.2) is 0 Å². The summed E-state index contributed by atoms with van der Waals surface area (Å²) in [4.78, 5) is 0. The summed E-state index contributed by atoms with van der Waals surface area (Å²) < 4.78 is 0. The average molecular weight is 210 g/mol. The molecule has 2 nitrogen and oxygen atoms in total. The molecule has 2 aliphatic rings. The molecular weight excluding hydrogens is 184 g/mol. The summed E-state index contributed by atoms with van der Waals surface area (Å²) in [5.41, 5.74) is 0. The number of rotatable bonds is 4. The molecule has 1 saturated carbocycles. The molecule has 0 aromatic carbocycles. The van der Waals surface area contributed by atoms with Crippen LogP contribution in [-0.2, 0) is 0 Å². The van der Waals surface area contributed by atoms with Crippen molar-refractivity contribution in [2.75, 3.05) is 26.2 Å². The van der Waals surface area contributed by atoms with Crippen LogP contribution in [0.3, 0.4) is 0 Å². The highest BCUT2D eigenvalue weighted by atomic mass is 14.9. The summed E-state index contributed by atoms with van der Waals surface area (Å²) in [6, 6.07) is 0. The van der Waals surface area contributed by atoms with Crippen LogP contribution in [0.5, 0.6) is 0 Å². The standard InChI is InChI=1S/C13H26N2/c1-11-2-3-13(8-11)10-15-9-12-4-6-14-7-5-12/h11-15H,2-10H2,1H3. The molecular formula is C13H26N2. The number of hydrogen-bond acceptors (Lipinski definition) is 2. The van der Waals surface area contributed by atoms with Crippen molar-refractivity contribution in [3.8, 4) is 0 Å². The average Bonchev–Trinajstić information content (AvgIpc) is 2.66. The molecule has 1 aliphatic carbocycles. The largest absolute Gasteiger partial charge is 0.317 e. The number of piperidine rings is 1. The van der Waals surface area contributed by atoms with Crippen LogP contribution in [0.4, 0.5) is 0 Å². The first-order valence-corrected chi connectivity index (χ1v) is 6.76. The fraction of sp³-hybridized carbons (Fsp3) is 1.00. The third-order valence-electron chi connectivity index (χ3n) is 4.13. The van der Waals surface area contributed by atoms with Gasteiger partial charge in [0.2, 0.25) is 0 Å². The second-order valence-electron chi connectivity index (χ2n) is 5.64. The molecule has 2 fully saturated rings. The Labute approximate surface area is 94.2 Å². The van der Waals surface area contributed by atoms with E-state index in [9.17, 15) is 0 Å². The minimum Gasteiger partial charge on any atom is -0.317 e. The molecule has 0 amide bonds. The van der Waals surface area contributed by atoms with Crippen LogP contribution in [0, 0.1) is 17.8 Å². The van der Waals surface area contributed by atoms with E-state index >= 15 is 0 Å². The highest BCUT2D eigenvalue weighted by molar-refractivity contribution is 4.76. The lowest BCUT2D eigenvalue weighted by Crippen LogP contribution is -2.35. The zero-order valence-corrected chi connectivity index (χ0v) is 10.1. The van der Waals surface area contributed by atoms with Crippen molar-refractivity contribution in [1.82, 2.24) is 10.6 Å². The first kappa shape index (κ1) is 11.4. The number of hydrogen-bond donors (Lipinski definition) is 2. The van der Waals surface area contributed by atoms with Crippen molar-refractivity contribution in [3.63, 3.8) is 0 Å². The van der Waals surface area contributed by atoms with Crippen molar-refractivity contribution in [3.05, 3.63) is 0 Å². The van der Waals surface area contributed by atoms with E-state index in [0.29, 0.717) is 0 Å². The molecule has 0 aromatic heterocycles. The van der Waals surface area contributed by atoms with Crippen LogP contribution in [0.1, 0.15) is 39.0 Å². The molecule has 2 N–H and O–H groups in total. The zero-order chi connectivity index (χ0) is 10.5. The Kier molecular flexibility index (Phi) is 4.45. The van der Waals surface area contributed by atoms with Crippen LogP contribution in [-0.4, -0.2) is 26.2 Å². The highest BCUT2D eigenvalue weighted by Crippen LogP contribution is 2.29. The molecule has 0 spiro atoms. The summed E-state index contributed by atoms with van der Waals surface area (Å²) in [7, 11) is 0. The van der Waals surface area contributed by atoms with Crippen molar-refractivity contribution >= 4 is 0 Å². The second-order valence-corrected chi connectivity index (χ2v) is 5.64. The number of nitrogens with one attached hydrogen (secondary N) is 2. The Morgan fingerprint density at radius 3 is 2.40 bits per heavy atom. The SMILES string of the molecule is CC1CCC(CNCC2CCNCC2)C1. The van der Waals surface area contributed by atoms with Crippen molar-refractivity contribution in [2.45, 2.75) is 39.0 Å². The third-order valence-corrected chi connectivity index (χ3v) is 4.13. The van der Waals surface area contributed by atoms with Gasteiger partial charge in [-0.3, -0.25) is 0 Å². The normalized spacial score (nSPS) is 33.4. The third kappa shape index (κ3) is 3.76. The molecule has 88 valence electrons. The summed E-state index contributed by atoms with van der Waals surface area (Å²) in [5.74, 6) is 2.89. The fourth-order valence-electron chi connectivity index (χ4n) is 3.09. The molecule has 0 radical (unpaired) electrons. The van der Waals surface area contributed by atoms with Gasteiger partial charge in [0.15, 0.2) is 0 Å². The lowest BCUT2D eigenvalue weighted by molar-refractivity contribution is 0.344. The van der Waals surface area contributed by atoms with Crippen molar-refractivity contribution < 1.29 is 0 Å². The monoisotopic (exact) mass is 210 g/mol. The smallest absolute Gasteiger partial charge is 0.00195 e. The fourth-order valence-corrected chi connectivity index (χ4v) is 3.09. The lowest BCUT2D eigenvalue weighted by atomic mass is 9.98. The molecule has 15 heavy (non-hydrogen) atoms. The van der Waals surface area contributed by atoms with Gasteiger partial charge in [0.1, 0.15) is 0 Å². The topological polar surface area (TPSA) is 24.1 Å². The summed E-state index contributed by atoms with van der Waals surface area (Å²) >= 11 is 0. The minimum atomic E-state index is 0.935. The molecule has 2 atom stereocenters. The predicted molar refractivity (Wildman–Crippen MR) is 65.0 cm³/mol.